The van der Waals surface area contributed by atoms with Crippen molar-refractivity contribution in [1.29, 1.82) is 0 Å². The van der Waals surface area contributed by atoms with Gasteiger partial charge >= 0.3 is 0 Å². The standard InChI is InChI=1S/C67H133N2O6P/c1-6-8-10-12-14-16-18-20-22-23-24-25-26-27-28-29-30-31-32-33-34-35-36-37-38-39-40-41-42-43-44-45-47-49-51-53-55-57-59-61-67(71)68-65(64-75-76(72,73)74-63-62-69(3,4)5)66(70)60-58-56-54-52-50-48-46-21-19-17-15-13-11-9-7-2/h30-31,33-34,65-66,70H,6-29,32,35-64H2,1-5H3,(H-,68,71,72,73)/b31-30-,34-33-. The Morgan fingerprint density at radius 1 is 0.461 bits per heavy atom. The van der Waals surface area contributed by atoms with E-state index in [0.717, 1.165) is 44.9 Å². The van der Waals surface area contributed by atoms with Gasteiger partial charge in [-0.3, -0.25) is 9.36 Å². The molecule has 0 saturated carbocycles. The maximum atomic E-state index is 13.0. The molecule has 0 fully saturated rings. The van der Waals surface area contributed by atoms with Crippen LogP contribution in [0.15, 0.2) is 24.3 Å². The molecule has 9 heteroatoms. The topological polar surface area (TPSA) is 108 Å². The molecule has 0 aliphatic rings. The molecule has 0 aromatic carbocycles. The van der Waals surface area contributed by atoms with E-state index in [1.807, 2.05) is 21.1 Å². The average molecular weight is 1090 g/mol. The summed E-state index contributed by atoms with van der Waals surface area (Å²) in [5.74, 6) is -0.159. The van der Waals surface area contributed by atoms with Crippen molar-refractivity contribution in [2.75, 3.05) is 40.9 Å². The van der Waals surface area contributed by atoms with Gasteiger partial charge in [0, 0.05) is 6.42 Å². The minimum Gasteiger partial charge on any atom is -0.756 e. The van der Waals surface area contributed by atoms with Crippen molar-refractivity contribution in [3.8, 4) is 0 Å². The molecular formula is C67H133N2O6P. The molecular weight excluding hydrogens is 960 g/mol. The van der Waals surface area contributed by atoms with Gasteiger partial charge in [-0.15, -0.1) is 0 Å². The van der Waals surface area contributed by atoms with Gasteiger partial charge in [0.25, 0.3) is 7.82 Å². The van der Waals surface area contributed by atoms with Crippen LogP contribution in [-0.4, -0.2) is 68.5 Å². The van der Waals surface area contributed by atoms with Gasteiger partial charge in [0.15, 0.2) is 0 Å². The fraction of sp³-hybridized carbons (Fsp3) is 0.925. The monoisotopic (exact) mass is 1090 g/mol. The molecule has 3 atom stereocenters. The highest BCUT2D eigenvalue weighted by Gasteiger charge is 2.24. The number of hydrogen-bond acceptors (Lipinski definition) is 6. The minimum absolute atomic E-state index is 0.0144. The van der Waals surface area contributed by atoms with Crippen molar-refractivity contribution in [1.82, 2.24) is 5.32 Å². The summed E-state index contributed by atoms with van der Waals surface area (Å²) in [6.45, 7) is 4.77. The number of nitrogens with one attached hydrogen (secondary N) is 1. The van der Waals surface area contributed by atoms with Crippen LogP contribution in [0.1, 0.15) is 348 Å². The van der Waals surface area contributed by atoms with Crippen LogP contribution >= 0.6 is 7.82 Å². The zero-order valence-electron chi connectivity index (χ0n) is 51.7. The van der Waals surface area contributed by atoms with Crippen LogP contribution in [-0.2, 0) is 18.4 Å². The average Bonchev–Trinajstić information content (AvgIpc) is 3.38. The number of quaternary nitrogens is 1. The van der Waals surface area contributed by atoms with Crippen molar-refractivity contribution in [2.24, 2.45) is 0 Å². The van der Waals surface area contributed by atoms with Crippen LogP contribution < -0.4 is 10.2 Å². The van der Waals surface area contributed by atoms with E-state index in [1.54, 1.807) is 0 Å². The molecule has 1 amide bonds. The van der Waals surface area contributed by atoms with E-state index in [4.69, 9.17) is 9.05 Å². The third kappa shape index (κ3) is 60.6. The number of unbranched alkanes of at least 4 members (excludes halogenated alkanes) is 46. The first kappa shape index (κ1) is 75.0. The first-order chi connectivity index (χ1) is 37.0. The van der Waals surface area contributed by atoms with Crippen molar-refractivity contribution in [3.63, 3.8) is 0 Å². The van der Waals surface area contributed by atoms with Gasteiger partial charge in [-0.25, -0.2) is 0 Å². The van der Waals surface area contributed by atoms with Gasteiger partial charge in [0.2, 0.25) is 5.91 Å². The summed E-state index contributed by atoms with van der Waals surface area (Å²) in [6, 6.07) is -0.799. The Morgan fingerprint density at radius 3 is 1.09 bits per heavy atom. The second kappa shape index (κ2) is 58.6. The van der Waals surface area contributed by atoms with Crippen molar-refractivity contribution >= 4 is 13.7 Å². The molecule has 452 valence electrons. The van der Waals surface area contributed by atoms with Crippen molar-refractivity contribution in [3.05, 3.63) is 24.3 Å². The highest BCUT2D eigenvalue weighted by atomic mass is 31.2. The minimum atomic E-state index is -4.57. The molecule has 0 aromatic rings. The third-order valence-corrected chi connectivity index (χ3v) is 16.7. The van der Waals surface area contributed by atoms with E-state index >= 15 is 0 Å². The molecule has 0 saturated heterocycles. The van der Waals surface area contributed by atoms with Crippen LogP contribution in [0, 0.1) is 0 Å². The zero-order valence-corrected chi connectivity index (χ0v) is 52.6. The van der Waals surface area contributed by atoms with Gasteiger partial charge in [-0.05, 0) is 44.9 Å². The number of carbonyl (C=O) groups excluding carboxylic acids is 1. The quantitative estimate of drug-likeness (QED) is 0.0272. The van der Waals surface area contributed by atoms with E-state index in [9.17, 15) is 19.4 Å². The number of nitrogens with zero attached hydrogens (tertiary/aromatic N) is 1. The second-order valence-electron chi connectivity index (χ2n) is 24.5. The molecule has 0 rings (SSSR count). The fourth-order valence-electron chi connectivity index (χ4n) is 10.4. The highest BCUT2D eigenvalue weighted by Crippen LogP contribution is 2.38. The SMILES string of the molecule is CCCCCCCCCCCCCCCCC/C=C\C/C=C\CCCCCCCCCCCCCCCCCCCC(=O)NC(COP(=O)([O-])OCC[N+](C)(C)C)C(O)CCCCCCCCCCCCCCCCC. The number of carbonyl (C=O) groups is 1. The number of phosphoric ester groups is 1. The van der Waals surface area contributed by atoms with E-state index in [0.29, 0.717) is 23.9 Å². The summed E-state index contributed by atoms with van der Waals surface area (Å²) < 4.78 is 23.4. The van der Waals surface area contributed by atoms with E-state index in [2.05, 4.69) is 43.5 Å². The van der Waals surface area contributed by atoms with E-state index < -0.39 is 20.0 Å². The predicted molar refractivity (Wildman–Crippen MR) is 330 cm³/mol. The van der Waals surface area contributed by atoms with Gasteiger partial charge in [0.1, 0.15) is 13.2 Å². The Kier molecular flexibility index (Phi) is 57.8. The number of rotatable bonds is 63. The number of aliphatic hydroxyl groups excluding tert-OH is 1. The molecule has 0 spiro atoms. The Hall–Kier alpha value is -1.02. The molecule has 0 aliphatic carbocycles. The molecule has 2 N–H and O–H groups in total. The van der Waals surface area contributed by atoms with Gasteiger partial charge in [0.05, 0.1) is 39.9 Å². The Labute approximate surface area is 474 Å². The lowest BCUT2D eigenvalue weighted by Crippen LogP contribution is -2.46. The summed E-state index contributed by atoms with van der Waals surface area (Å²) in [6.07, 6.45) is 75.5. The number of phosphoric acid groups is 1. The molecule has 0 heterocycles. The summed E-state index contributed by atoms with van der Waals surface area (Å²) in [5, 5.41) is 14.0. The smallest absolute Gasteiger partial charge is 0.268 e. The van der Waals surface area contributed by atoms with Crippen LogP contribution in [0.4, 0.5) is 0 Å². The first-order valence-electron chi connectivity index (χ1n) is 33.7. The normalized spacial score (nSPS) is 13.8. The highest BCUT2D eigenvalue weighted by molar-refractivity contribution is 7.45. The van der Waals surface area contributed by atoms with Gasteiger partial charge in [-0.1, -0.05) is 321 Å². The number of allylic oxidation sites excluding steroid dienone is 4. The third-order valence-electron chi connectivity index (χ3n) is 15.7. The Morgan fingerprint density at radius 2 is 0.763 bits per heavy atom. The van der Waals surface area contributed by atoms with Crippen molar-refractivity contribution in [2.45, 2.75) is 360 Å². The van der Waals surface area contributed by atoms with Crippen molar-refractivity contribution < 1.29 is 32.9 Å². The predicted octanol–water partition coefficient (Wildman–Crippen LogP) is 20.5. The number of likely N-dealkylation sites (N-methyl/N-ethyl adjacent to an activating group) is 1. The van der Waals surface area contributed by atoms with Crippen LogP contribution in [0.5, 0.6) is 0 Å². The van der Waals surface area contributed by atoms with E-state index in [-0.39, 0.29) is 19.1 Å². The molecule has 3 unspecified atom stereocenters. The largest absolute Gasteiger partial charge is 0.756 e. The van der Waals surface area contributed by atoms with E-state index in [1.165, 1.54) is 276 Å². The summed E-state index contributed by atoms with van der Waals surface area (Å²) in [4.78, 5) is 25.6. The molecule has 8 nitrogen and oxygen atoms in total. The summed E-state index contributed by atoms with van der Waals surface area (Å²) in [5.41, 5.74) is 0. The molecule has 76 heavy (non-hydrogen) atoms. The maximum Gasteiger partial charge on any atom is 0.268 e. The molecule has 0 radical (unpaired) electrons. The molecule has 0 aliphatic heterocycles. The lowest BCUT2D eigenvalue weighted by molar-refractivity contribution is -0.870. The van der Waals surface area contributed by atoms with Crippen LogP contribution in [0.25, 0.3) is 0 Å². The number of amides is 1. The van der Waals surface area contributed by atoms with Crippen LogP contribution in [0.2, 0.25) is 0 Å². The maximum absolute atomic E-state index is 13.0. The lowest BCUT2D eigenvalue weighted by Gasteiger charge is -2.30. The lowest BCUT2D eigenvalue weighted by atomic mass is 10.0. The zero-order chi connectivity index (χ0) is 55.6. The number of hydrogen-bond donors (Lipinski definition) is 2. The second-order valence-corrected chi connectivity index (χ2v) is 25.9. The summed E-state index contributed by atoms with van der Waals surface area (Å²) in [7, 11) is 1.32. The Bertz CT molecular complexity index is 1290. The molecule has 0 aromatic heterocycles. The fourth-order valence-corrected chi connectivity index (χ4v) is 11.2. The van der Waals surface area contributed by atoms with Gasteiger partial charge < -0.3 is 28.8 Å². The number of aliphatic hydroxyl groups is 1. The van der Waals surface area contributed by atoms with Crippen LogP contribution in [0.3, 0.4) is 0 Å². The molecule has 0 bridgehead atoms. The van der Waals surface area contributed by atoms with Gasteiger partial charge in [-0.2, -0.15) is 0 Å². The summed E-state index contributed by atoms with van der Waals surface area (Å²) >= 11 is 0. The first-order valence-corrected chi connectivity index (χ1v) is 35.1. The Balaban J connectivity index is 3.88.